The average Bonchev–Trinajstić information content (AvgIpc) is 3.91. The van der Waals surface area contributed by atoms with Crippen molar-refractivity contribution in [1.29, 1.82) is 0 Å². The molecule has 2 heterocycles. The molecule has 24 heteroatoms. The number of carbonyl (C=O) groups excluding carboxylic acids is 5. The fourth-order valence-electron chi connectivity index (χ4n) is 10.5. The van der Waals surface area contributed by atoms with Crippen LogP contribution in [0.3, 0.4) is 0 Å². The number of likely N-dealkylation sites (tertiary alicyclic amines) is 1. The van der Waals surface area contributed by atoms with Gasteiger partial charge in [0, 0.05) is 46.5 Å². The van der Waals surface area contributed by atoms with Crippen LogP contribution in [0.4, 0.5) is 10.5 Å². The number of carboxylic acids is 1. The predicted octanol–water partition coefficient (Wildman–Crippen LogP) is 3.32. The van der Waals surface area contributed by atoms with E-state index in [1.807, 2.05) is 19.9 Å². The summed E-state index contributed by atoms with van der Waals surface area (Å²) in [6, 6.07) is 8.10. The van der Waals surface area contributed by atoms with Crippen LogP contribution in [0.1, 0.15) is 111 Å². The molecule has 2 aromatic carbocycles. The number of nitrogens with zero attached hydrogens (tertiary/aromatic N) is 4. The lowest BCUT2D eigenvalue weighted by molar-refractivity contribution is -0.387. The third-order valence-corrected chi connectivity index (χ3v) is 15.2. The molecule has 1 unspecified atom stereocenters. The van der Waals surface area contributed by atoms with E-state index in [1.165, 1.54) is 32.2 Å². The van der Waals surface area contributed by atoms with Crippen molar-refractivity contribution in [2.24, 2.45) is 23.7 Å². The summed E-state index contributed by atoms with van der Waals surface area (Å²) in [6.45, 7) is 14.5. The maximum Gasteiger partial charge on any atom is 0.410 e. The molecule has 0 aliphatic carbocycles. The van der Waals surface area contributed by atoms with E-state index in [0.717, 1.165) is 17.0 Å². The molecule has 444 valence electrons. The summed E-state index contributed by atoms with van der Waals surface area (Å²) in [7, 11) is 5.84. The van der Waals surface area contributed by atoms with E-state index in [4.69, 9.17) is 30.1 Å². The van der Waals surface area contributed by atoms with E-state index in [1.54, 1.807) is 77.8 Å². The minimum atomic E-state index is -2.05. The van der Waals surface area contributed by atoms with Crippen LogP contribution in [-0.4, -0.2) is 189 Å². The van der Waals surface area contributed by atoms with Gasteiger partial charge in [0.1, 0.15) is 36.5 Å². The molecule has 2 fully saturated rings. The molecule has 2 aromatic rings. The second-order valence-electron chi connectivity index (χ2n) is 21.4. The lowest BCUT2D eigenvalue weighted by atomic mass is 9.89. The summed E-state index contributed by atoms with van der Waals surface area (Å²) in [5.74, 6) is -3.71. The summed E-state index contributed by atoms with van der Waals surface area (Å²) < 4.78 is 28.3. The monoisotopic (exact) mass is 1130 g/mol. The fourth-order valence-corrected chi connectivity index (χ4v) is 10.5. The second-order valence-corrected chi connectivity index (χ2v) is 21.4. The van der Waals surface area contributed by atoms with E-state index >= 15 is 0 Å². The summed E-state index contributed by atoms with van der Waals surface area (Å²) in [5, 5.41) is 69.2. The lowest BCUT2D eigenvalue weighted by Gasteiger charge is -2.41. The smallest absolute Gasteiger partial charge is 0.410 e. The van der Waals surface area contributed by atoms with Crippen molar-refractivity contribution >= 4 is 41.4 Å². The quantitative estimate of drug-likeness (QED) is 0.0383. The zero-order valence-corrected chi connectivity index (χ0v) is 47.7. The van der Waals surface area contributed by atoms with E-state index in [-0.39, 0.29) is 36.1 Å². The number of amides is 5. The van der Waals surface area contributed by atoms with Gasteiger partial charge in [0.05, 0.1) is 60.1 Å². The summed E-state index contributed by atoms with van der Waals surface area (Å²) in [4.78, 5) is 98.5. The van der Waals surface area contributed by atoms with Gasteiger partial charge in [-0.1, -0.05) is 91.3 Å². The highest BCUT2D eigenvalue weighted by atomic mass is 16.7. The molecule has 2 aliphatic rings. The highest BCUT2D eigenvalue weighted by Gasteiger charge is 2.49. The van der Waals surface area contributed by atoms with Gasteiger partial charge in [0.15, 0.2) is 11.9 Å². The predicted molar refractivity (Wildman–Crippen MR) is 289 cm³/mol. The molecule has 24 nitrogen and oxygen atoms in total. The molecule has 0 aromatic heterocycles. The number of rotatable bonds is 27. The number of benzene rings is 2. The molecule has 5 amide bonds. The SMILES string of the molecule is C#CCC(OC(=O)N(C)[C@H](C(=O)N[C@H](C(=O)N(C)[C@@H]([C@@H](C)CC)[C@@H](CC(=O)N1CCC[C@H]1[C@H](OC)[C@@H](C)C(=O)N[C@H](C)[C@@H](O)c1ccccc1)OC)C(C)C)C(C)C)c1ccc(O[C@@H]2O[C@H](C(=O)O)[C@@H](O)[C@H](O)[C@H]2O)c([N+](=O)[O-])c1. The van der Waals surface area contributed by atoms with Crippen molar-refractivity contribution in [2.75, 3.05) is 34.9 Å². The second kappa shape index (κ2) is 29.8. The molecule has 7 N–H and O–H groups in total. The number of nitro groups is 1. The van der Waals surface area contributed by atoms with Gasteiger partial charge < -0.3 is 69.7 Å². The minimum absolute atomic E-state index is 0.000563. The molecule has 2 aliphatic heterocycles. The van der Waals surface area contributed by atoms with Crippen molar-refractivity contribution in [2.45, 2.75) is 173 Å². The molecule has 4 rings (SSSR count). The van der Waals surface area contributed by atoms with Crippen LogP contribution in [0.25, 0.3) is 0 Å². The van der Waals surface area contributed by atoms with Crippen molar-refractivity contribution in [3.63, 3.8) is 0 Å². The van der Waals surface area contributed by atoms with Gasteiger partial charge >= 0.3 is 17.7 Å². The Morgan fingerprint density at radius 3 is 2.09 bits per heavy atom. The standard InChI is InChI=1S/C56H82N6O18/c1-14-20-38(35-24-25-39(37(27-35)62(74)75)78-55-48(67)46(65)47(66)50(80-55)54(71)72)79-56(73)60(11)43(30(5)6)52(69)58-42(29(3)4)53(70)59(10)44(31(7)15-2)40(76-12)28-41(63)61-26-19-23-36(61)49(77-13)32(8)51(68)57-33(9)45(64)34-21-17-16-18-22-34/h1,16-18,21-22,24-25,27,29-33,36,38,40,42-50,55,64-67H,15,19-20,23,26,28H2,2-13H3,(H,57,68)(H,58,69)(H,71,72)/t31-,32+,33+,36-,38?,40+,42-,43-,44-,45+,46-,47-,48+,49+,50-,55+/m0/s1. The zero-order chi connectivity index (χ0) is 60.0. The minimum Gasteiger partial charge on any atom is -0.479 e. The first kappa shape index (κ1) is 66.1. The topological polar surface area (TPSA) is 327 Å². The van der Waals surface area contributed by atoms with Gasteiger partial charge in [-0.3, -0.25) is 34.2 Å². The van der Waals surface area contributed by atoms with Gasteiger partial charge in [0.2, 0.25) is 29.9 Å². The number of likely N-dealkylation sites (N-methyl/N-ethyl adjacent to an activating group) is 2. The zero-order valence-electron chi connectivity index (χ0n) is 47.7. The van der Waals surface area contributed by atoms with E-state index < -0.39 is 143 Å². The Hall–Kier alpha value is -6.46. The van der Waals surface area contributed by atoms with Crippen LogP contribution in [0.5, 0.6) is 5.75 Å². The number of carboxylic acid groups (broad SMARTS) is 1. The van der Waals surface area contributed by atoms with Crippen LogP contribution in [0.15, 0.2) is 48.5 Å². The number of nitro benzene ring substituents is 1. The lowest BCUT2D eigenvalue weighted by Crippen LogP contribution is -2.61. The summed E-state index contributed by atoms with van der Waals surface area (Å²) in [6.07, 6.45) is -8.01. The number of aliphatic carboxylic acids is 1. The first-order valence-corrected chi connectivity index (χ1v) is 26.9. The maximum atomic E-state index is 14.8. The van der Waals surface area contributed by atoms with Crippen LogP contribution in [-0.2, 0) is 42.9 Å². The van der Waals surface area contributed by atoms with Crippen molar-refractivity contribution < 1.29 is 82.9 Å². The van der Waals surface area contributed by atoms with Crippen LogP contribution < -0.4 is 15.4 Å². The van der Waals surface area contributed by atoms with Crippen LogP contribution in [0.2, 0.25) is 0 Å². The Balaban J connectivity index is 1.50. The van der Waals surface area contributed by atoms with E-state index in [2.05, 4.69) is 16.6 Å². The molecule has 0 spiro atoms. The van der Waals surface area contributed by atoms with Crippen molar-refractivity contribution in [3.05, 3.63) is 69.8 Å². The van der Waals surface area contributed by atoms with Gasteiger partial charge in [-0.05, 0) is 49.1 Å². The molecule has 80 heavy (non-hydrogen) atoms. The number of hydrogen-bond acceptors (Lipinski definition) is 17. The normalized spacial score (nSPS) is 22.9. The molecule has 0 bridgehead atoms. The number of terminal acetylenes is 1. The number of ether oxygens (including phenoxy) is 5. The molecule has 0 radical (unpaired) electrons. The number of methoxy groups -OCH3 is 2. The van der Waals surface area contributed by atoms with Crippen molar-refractivity contribution in [3.8, 4) is 18.1 Å². The summed E-state index contributed by atoms with van der Waals surface area (Å²) in [5.41, 5.74) is -0.109. The number of hydrogen-bond donors (Lipinski definition) is 7. The third-order valence-electron chi connectivity index (χ3n) is 15.2. The Morgan fingerprint density at radius 1 is 0.887 bits per heavy atom. The first-order valence-electron chi connectivity index (χ1n) is 26.9. The van der Waals surface area contributed by atoms with Crippen molar-refractivity contribution in [1.82, 2.24) is 25.3 Å². The molecular formula is C56H82N6O18. The largest absolute Gasteiger partial charge is 0.479 e. The van der Waals surface area contributed by atoms with Gasteiger partial charge in [-0.15, -0.1) is 12.3 Å². The molecule has 2 saturated heterocycles. The molecule has 16 atom stereocenters. The van der Waals surface area contributed by atoms with Gasteiger partial charge in [-0.25, -0.2) is 9.59 Å². The Kier molecular flexibility index (Phi) is 24.6. The third kappa shape index (κ3) is 15.9. The highest BCUT2D eigenvalue weighted by molar-refractivity contribution is 5.92. The Labute approximate surface area is 467 Å². The Bertz CT molecular complexity index is 2480. The number of nitrogens with one attached hydrogen (secondary N) is 2. The van der Waals surface area contributed by atoms with E-state index in [9.17, 15) is 64.4 Å². The van der Waals surface area contributed by atoms with E-state index in [0.29, 0.717) is 31.4 Å². The number of aliphatic hydroxyl groups excluding tert-OH is 4. The molecule has 0 saturated carbocycles. The number of aliphatic hydroxyl groups is 4. The fraction of sp³-hybridized carbons (Fsp3) is 0.643. The Morgan fingerprint density at radius 2 is 1.54 bits per heavy atom. The van der Waals surface area contributed by atoms with Crippen LogP contribution in [0, 0.1) is 46.1 Å². The number of carbonyl (C=O) groups is 6. The molecular weight excluding hydrogens is 1040 g/mol. The highest BCUT2D eigenvalue weighted by Crippen LogP contribution is 2.36. The average molecular weight is 1130 g/mol. The van der Waals surface area contributed by atoms with Gasteiger partial charge in [0.25, 0.3) is 0 Å². The maximum absolute atomic E-state index is 14.8. The first-order chi connectivity index (χ1) is 37.7. The van der Waals surface area contributed by atoms with Gasteiger partial charge in [-0.2, -0.15) is 0 Å². The van der Waals surface area contributed by atoms with Crippen LogP contribution >= 0.6 is 0 Å². The summed E-state index contributed by atoms with van der Waals surface area (Å²) >= 11 is 0.